The number of phenols is 1. The van der Waals surface area contributed by atoms with Gasteiger partial charge in [0.25, 0.3) is 0 Å². The van der Waals surface area contributed by atoms with Crippen molar-refractivity contribution in [1.29, 1.82) is 0 Å². The van der Waals surface area contributed by atoms with E-state index in [-0.39, 0.29) is 24.1 Å². The van der Waals surface area contributed by atoms with E-state index in [1.165, 1.54) is 0 Å². The molecular formula is C17H28N2O2. The fourth-order valence-corrected chi connectivity index (χ4v) is 2.39. The highest BCUT2D eigenvalue weighted by molar-refractivity contribution is 5.79. The molecule has 0 aliphatic rings. The first-order valence-electron chi connectivity index (χ1n) is 7.85. The number of phenolic OH excluding ortho intramolecular Hbond substituents is 1. The topological polar surface area (TPSA) is 52.6 Å². The van der Waals surface area contributed by atoms with Gasteiger partial charge in [-0.2, -0.15) is 0 Å². The quantitative estimate of drug-likeness (QED) is 0.735. The van der Waals surface area contributed by atoms with Crippen LogP contribution in [0.3, 0.4) is 0 Å². The van der Waals surface area contributed by atoms with Gasteiger partial charge in [-0.3, -0.25) is 4.79 Å². The van der Waals surface area contributed by atoms with Crippen LogP contribution in [0.4, 0.5) is 0 Å². The third-order valence-electron chi connectivity index (χ3n) is 3.76. The molecule has 4 heteroatoms. The predicted molar refractivity (Wildman–Crippen MR) is 86.4 cm³/mol. The van der Waals surface area contributed by atoms with Gasteiger partial charge in [0.15, 0.2) is 0 Å². The molecule has 1 amide bonds. The zero-order chi connectivity index (χ0) is 15.7. The number of hydrogen-bond donors (Lipinski definition) is 2. The molecule has 0 aromatic heterocycles. The highest BCUT2D eigenvalue weighted by Crippen LogP contribution is 2.16. The molecule has 0 spiro atoms. The highest BCUT2D eigenvalue weighted by Gasteiger charge is 2.10. The SMILES string of the molecule is CCN(CC)CCCC(C)NC(=O)Cc1ccccc1O. The number of nitrogens with one attached hydrogen (secondary N) is 1. The van der Waals surface area contributed by atoms with Crippen molar-refractivity contribution in [3.63, 3.8) is 0 Å². The fourth-order valence-electron chi connectivity index (χ4n) is 2.39. The first-order valence-corrected chi connectivity index (χ1v) is 7.85. The summed E-state index contributed by atoms with van der Waals surface area (Å²) in [6, 6.07) is 7.14. The molecule has 1 aromatic carbocycles. The van der Waals surface area contributed by atoms with E-state index in [0.717, 1.165) is 32.5 Å². The van der Waals surface area contributed by atoms with Crippen molar-refractivity contribution >= 4 is 5.91 Å². The van der Waals surface area contributed by atoms with E-state index in [0.29, 0.717) is 5.56 Å². The number of rotatable bonds is 9. The molecule has 0 heterocycles. The van der Waals surface area contributed by atoms with Crippen LogP contribution in [0, 0.1) is 0 Å². The number of hydrogen-bond acceptors (Lipinski definition) is 3. The van der Waals surface area contributed by atoms with Crippen LogP contribution in [0.1, 0.15) is 39.2 Å². The van der Waals surface area contributed by atoms with E-state index < -0.39 is 0 Å². The molecule has 0 fully saturated rings. The van der Waals surface area contributed by atoms with Gasteiger partial charge < -0.3 is 15.3 Å². The average Bonchev–Trinajstić information content (AvgIpc) is 2.46. The molecule has 0 aliphatic carbocycles. The number of para-hydroxylation sites is 1. The second-order valence-electron chi connectivity index (χ2n) is 5.44. The maximum absolute atomic E-state index is 12.0. The lowest BCUT2D eigenvalue weighted by molar-refractivity contribution is -0.121. The van der Waals surface area contributed by atoms with Gasteiger partial charge in [0.2, 0.25) is 5.91 Å². The minimum atomic E-state index is -0.0353. The predicted octanol–water partition coefficient (Wildman–Crippen LogP) is 2.56. The van der Waals surface area contributed by atoms with Gasteiger partial charge in [-0.25, -0.2) is 0 Å². The summed E-state index contributed by atoms with van der Waals surface area (Å²) >= 11 is 0. The second-order valence-corrected chi connectivity index (χ2v) is 5.44. The normalized spacial score (nSPS) is 12.4. The van der Waals surface area contributed by atoms with Crippen molar-refractivity contribution in [1.82, 2.24) is 10.2 Å². The third-order valence-corrected chi connectivity index (χ3v) is 3.76. The number of carbonyl (C=O) groups excluding carboxylic acids is 1. The summed E-state index contributed by atoms with van der Waals surface area (Å²) in [5.74, 6) is 0.147. The molecule has 0 saturated carbocycles. The van der Waals surface area contributed by atoms with Crippen molar-refractivity contribution in [2.24, 2.45) is 0 Å². The summed E-state index contributed by atoms with van der Waals surface area (Å²) in [7, 11) is 0. The van der Waals surface area contributed by atoms with E-state index in [1.54, 1.807) is 18.2 Å². The lowest BCUT2D eigenvalue weighted by atomic mass is 10.1. The van der Waals surface area contributed by atoms with Crippen molar-refractivity contribution < 1.29 is 9.90 Å². The summed E-state index contributed by atoms with van der Waals surface area (Å²) in [4.78, 5) is 14.3. The Balaban J connectivity index is 2.29. The van der Waals surface area contributed by atoms with Crippen LogP contribution in [0.15, 0.2) is 24.3 Å². The van der Waals surface area contributed by atoms with Crippen LogP contribution in [-0.4, -0.2) is 41.6 Å². The summed E-state index contributed by atoms with van der Waals surface area (Å²) in [5, 5.41) is 12.7. The van der Waals surface area contributed by atoms with Crippen molar-refractivity contribution in [3.8, 4) is 5.75 Å². The van der Waals surface area contributed by atoms with Crippen LogP contribution in [0.2, 0.25) is 0 Å². The first kappa shape index (κ1) is 17.5. The number of carbonyl (C=O) groups is 1. The molecule has 1 rings (SSSR count). The molecule has 0 bridgehead atoms. The molecule has 21 heavy (non-hydrogen) atoms. The van der Waals surface area contributed by atoms with Gasteiger partial charge in [0.05, 0.1) is 6.42 Å². The van der Waals surface area contributed by atoms with Gasteiger partial charge in [-0.15, -0.1) is 0 Å². The second kappa shape index (κ2) is 9.40. The van der Waals surface area contributed by atoms with E-state index in [1.807, 2.05) is 13.0 Å². The molecule has 1 atom stereocenters. The Labute approximate surface area is 128 Å². The zero-order valence-electron chi connectivity index (χ0n) is 13.4. The minimum Gasteiger partial charge on any atom is -0.508 e. The molecule has 0 aliphatic heterocycles. The Morgan fingerprint density at radius 1 is 1.29 bits per heavy atom. The Hall–Kier alpha value is -1.55. The van der Waals surface area contributed by atoms with Crippen LogP contribution < -0.4 is 5.32 Å². The maximum atomic E-state index is 12.0. The smallest absolute Gasteiger partial charge is 0.224 e. The highest BCUT2D eigenvalue weighted by atomic mass is 16.3. The number of amides is 1. The standard InChI is InChI=1S/C17H28N2O2/c1-4-19(5-2)12-8-9-14(3)18-17(21)13-15-10-6-7-11-16(15)20/h6-7,10-11,14,20H,4-5,8-9,12-13H2,1-3H3,(H,18,21). The first-order chi connectivity index (χ1) is 10.1. The molecular weight excluding hydrogens is 264 g/mol. The largest absolute Gasteiger partial charge is 0.508 e. The monoisotopic (exact) mass is 292 g/mol. The lowest BCUT2D eigenvalue weighted by Gasteiger charge is -2.19. The van der Waals surface area contributed by atoms with Gasteiger partial charge in [0.1, 0.15) is 5.75 Å². The zero-order valence-corrected chi connectivity index (χ0v) is 13.4. The molecule has 0 saturated heterocycles. The van der Waals surface area contributed by atoms with E-state index >= 15 is 0 Å². The minimum absolute atomic E-state index is 0.0353. The van der Waals surface area contributed by atoms with Crippen LogP contribution >= 0.6 is 0 Å². The number of aromatic hydroxyl groups is 1. The average molecular weight is 292 g/mol. The summed E-state index contributed by atoms with van der Waals surface area (Å²) in [5.41, 5.74) is 0.672. The Kier molecular flexibility index (Phi) is 7.83. The summed E-state index contributed by atoms with van der Waals surface area (Å²) in [6.45, 7) is 9.59. The van der Waals surface area contributed by atoms with Crippen LogP contribution in [0.25, 0.3) is 0 Å². The van der Waals surface area contributed by atoms with Gasteiger partial charge in [0, 0.05) is 11.6 Å². The van der Waals surface area contributed by atoms with E-state index in [9.17, 15) is 9.90 Å². The molecule has 4 nitrogen and oxygen atoms in total. The van der Waals surface area contributed by atoms with Gasteiger partial charge in [-0.05, 0) is 45.5 Å². The third kappa shape index (κ3) is 6.63. The summed E-state index contributed by atoms with van der Waals surface area (Å²) in [6.07, 6.45) is 2.29. The molecule has 0 radical (unpaired) electrons. The van der Waals surface area contributed by atoms with Gasteiger partial charge >= 0.3 is 0 Å². The van der Waals surface area contributed by atoms with E-state index in [2.05, 4.69) is 24.1 Å². The van der Waals surface area contributed by atoms with Crippen molar-refractivity contribution in [2.45, 2.75) is 46.1 Å². The van der Waals surface area contributed by atoms with Gasteiger partial charge in [-0.1, -0.05) is 32.0 Å². The van der Waals surface area contributed by atoms with E-state index in [4.69, 9.17) is 0 Å². The fraction of sp³-hybridized carbons (Fsp3) is 0.588. The Morgan fingerprint density at radius 3 is 2.57 bits per heavy atom. The molecule has 118 valence electrons. The lowest BCUT2D eigenvalue weighted by Crippen LogP contribution is -2.34. The Morgan fingerprint density at radius 2 is 1.95 bits per heavy atom. The number of nitrogens with zero attached hydrogens (tertiary/aromatic N) is 1. The Bertz CT molecular complexity index is 431. The van der Waals surface area contributed by atoms with Crippen molar-refractivity contribution in [2.75, 3.05) is 19.6 Å². The molecule has 1 unspecified atom stereocenters. The molecule has 2 N–H and O–H groups in total. The summed E-state index contributed by atoms with van der Waals surface area (Å²) < 4.78 is 0. The molecule has 1 aromatic rings. The maximum Gasteiger partial charge on any atom is 0.224 e. The van der Waals surface area contributed by atoms with Crippen LogP contribution in [0.5, 0.6) is 5.75 Å². The van der Waals surface area contributed by atoms with Crippen LogP contribution in [-0.2, 0) is 11.2 Å². The number of benzene rings is 1. The van der Waals surface area contributed by atoms with Crippen molar-refractivity contribution in [3.05, 3.63) is 29.8 Å².